The molecule has 1 heterocycles. The highest BCUT2D eigenvalue weighted by Crippen LogP contribution is 2.34. The molecule has 0 aliphatic rings. The fourth-order valence-electron chi connectivity index (χ4n) is 2.69. The van der Waals surface area contributed by atoms with Gasteiger partial charge in [0.25, 0.3) is 5.91 Å². The monoisotopic (exact) mass is 367 g/mol. The second kappa shape index (κ2) is 6.61. The highest BCUT2D eigenvalue weighted by molar-refractivity contribution is 7.90. The molecule has 0 fully saturated rings. The molecule has 0 bridgehead atoms. The van der Waals surface area contributed by atoms with E-state index < -0.39 is 15.7 Å². The smallest absolute Gasteiger partial charge is 0.250 e. The number of primary amides is 1. The van der Waals surface area contributed by atoms with Gasteiger partial charge in [0.2, 0.25) is 0 Å². The summed E-state index contributed by atoms with van der Waals surface area (Å²) in [5, 5.41) is 0. The lowest BCUT2D eigenvalue weighted by molar-refractivity contribution is 0.100. The molecule has 132 valence electrons. The summed E-state index contributed by atoms with van der Waals surface area (Å²) in [5.74, 6) is -0.632. The Kier molecular flexibility index (Phi) is 4.48. The van der Waals surface area contributed by atoms with Crippen molar-refractivity contribution >= 4 is 21.4 Å². The largest absolute Gasteiger partial charge is 0.398 e. The number of pyridine rings is 1. The van der Waals surface area contributed by atoms with E-state index in [1.54, 1.807) is 42.7 Å². The highest BCUT2D eigenvalue weighted by atomic mass is 32.2. The molecule has 1 amide bonds. The number of carbonyl (C=O) groups excluding carboxylic acids is 1. The van der Waals surface area contributed by atoms with Crippen LogP contribution >= 0.6 is 0 Å². The number of benzene rings is 2. The maximum absolute atomic E-state index is 11.8. The number of nitrogens with two attached hydrogens (primary N) is 2. The van der Waals surface area contributed by atoms with E-state index in [-0.39, 0.29) is 10.5 Å². The molecule has 4 N–H and O–H groups in total. The van der Waals surface area contributed by atoms with E-state index in [9.17, 15) is 13.2 Å². The van der Waals surface area contributed by atoms with Crippen molar-refractivity contribution in [1.82, 2.24) is 4.98 Å². The summed E-state index contributed by atoms with van der Waals surface area (Å²) in [6.45, 7) is 0. The van der Waals surface area contributed by atoms with Gasteiger partial charge in [0.05, 0.1) is 16.1 Å². The van der Waals surface area contributed by atoms with Crippen molar-refractivity contribution in [3.63, 3.8) is 0 Å². The first-order valence-electron chi connectivity index (χ1n) is 7.71. The van der Waals surface area contributed by atoms with Gasteiger partial charge in [-0.25, -0.2) is 8.42 Å². The molecule has 0 aliphatic carbocycles. The van der Waals surface area contributed by atoms with Gasteiger partial charge in [-0.15, -0.1) is 0 Å². The van der Waals surface area contributed by atoms with Crippen LogP contribution in [0.2, 0.25) is 0 Å². The van der Waals surface area contributed by atoms with Crippen LogP contribution in [-0.2, 0) is 9.84 Å². The fourth-order valence-corrected chi connectivity index (χ4v) is 3.32. The first kappa shape index (κ1) is 17.6. The minimum atomic E-state index is -3.28. The number of rotatable bonds is 4. The number of aromatic nitrogens is 1. The number of sulfone groups is 1. The molecule has 0 spiro atoms. The van der Waals surface area contributed by atoms with Crippen LogP contribution in [0.1, 0.15) is 10.4 Å². The quantitative estimate of drug-likeness (QED) is 0.687. The molecule has 0 radical (unpaired) electrons. The van der Waals surface area contributed by atoms with Crippen LogP contribution in [0.25, 0.3) is 22.3 Å². The van der Waals surface area contributed by atoms with Gasteiger partial charge in [-0.1, -0.05) is 12.1 Å². The van der Waals surface area contributed by atoms with Gasteiger partial charge in [0.15, 0.2) is 9.84 Å². The third-order valence-corrected chi connectivity index (χ3v) is 5.18. The van der Waals surface area contributed by atoms with Gasteiger partial charge in [0, 0.05) is 24.2 Å². The maximum Gasteiger partial charge on any atom is 0.250 e. The predicted octanol–water partition coefficient (Wildman–Crippen LogP) is 2.50. The first-order chi connectivity index (χ1) is 12.3. The number of amides is 1. The Balaban J connectivity index is 2.19. The summed E-state index contributed by atoms with van der Waals surface area (Å²) < 4.78 is 23.2. The van der Waals surface area contributed by atoms with E-state index >= 15 is 0 Å². The molecule has 0 unspecified atom stereocenters. The molecule has 0 atom stereocenters. The Bertz CT molecular complexity index is 1080. The predicted molar refractivity (Wildman–Crippen MR) is 101 cm³/mol. The van der Waals surface area contributed by atoms with Crippen molar-refractivity contribution in [3.05, 3.63) is 66.5 Å². The lowest BCUT2D eigenvalue weighted by atomic mass is 9.94. The molecule has 0 saturated carbocycles. The Labute approximate surface area is 151 Å². The van der Waals surface area contributed by atoms with Gasteiger partial charge in [-0.05, 0) is 53.1 Å². The van der Waals surface area contributed by atoms with Crippen LogP contribution in [-0.4, -0.2) is 25.6 Å². The maximum atomic E-state index is 11.8. The Morgan fingerprint density at radius 2 is 1.54 bits per heavy atom. The van der Waals surface area contributed by atoms with Crippen molar-refractivity contribution in [2.45, 2.75) is 4.90 Å². The number of nitrogen functional groups attached to an aromatic ring is 1. The summed E-state index contributed by atoms with van der Waals surface area (Å²) in [6, 6.07) is 13.4. The summed E-state index contributed by atoms with van der Waals surface area (Å²) >= 11 is 0. The van der Waals surface area contributed by atoms with Crippen molar-refractivity contribution in [2.24, 2.45) is 5.73 Å². The number of carbonyl (C=O) groups is 1. The average Bonchev–Trinajstić information content (AvgIpc) is 2.62. The van der Waals surface area contributed by atoms with Crippen LogP contribution in [0.15, 0.2) is 65.8 Å². The van der Waals surface area contributed by atoms with E-state index in [1.807, 2.05) is 6.07 Å². The van der Waals surface area contributed by atoms with E-state index in [4.69, 9.17) is 11.5 Å². The van der Waals surface area contributed by atoms with Crippen molar-refractivity contribution in [2.75, 3.05) is 12.0 Å². The molecule has 3 rings (SSSR count). The molecule has 0 saturated heterocycles. The topological polar surface area (TPSA) is 116 Å². The Morgan fingerprint density at radius 3 is 2.08 bits per heavy atom. The van der Waals surface area contributed by atoms with Gasteiger partial charge in [0.1, 0.15) is 0 Å². The van der Waals surface area contributed by atoms with Crippen LogP contribution < -0.4 is 11.5 Å². The number of nitrogens with zero attached hydrogens (tertiary/aromatic N) is 1. The molecule has 3 aromatic rings. The zero-order chi connectivity index (χ0) is 18.9. The second-order valence-electron chi connectivity index (χ2n) is 5.88. The summed E-state index contributed by atoms with van der Waals surface area (Å²) in [5.41, 5.74) is 15.0. The van der Waals surface area contributed by atoms with Crippen LogP contribution in [0.4, 0.5) is 5.69 Å². The molecular formula is C19H17N3O3S. The van der Waals surface area contributed by atoms with Gasteiger partial charge in [-0.3, -0.25) is 9.78 Å². The number of hydrogen-bond acceptors (Lipinski definition) is 5. The molecular weight excluding hydrogens is 350 g/mol. The normalized spacial score (nSPS) is 11.3. The van der Waals surface area contributed by atoms with Crippen LogP contribution in [0, 0.1) is 0 Å². The molecule has 0 aliphatic heterocycles. The zero-order valence-electron chi connectivity index (χ0n) is 14.0. The summed E-state index contributed by atoms with van der Waals surface area (Å²) in [6.07, 6.45) is 4.41. The fraction of sp³-hybridized carbons (Fsp3) is 0.0526. The van der Waals surface area contributed by atoms with Gasteiger partial charge in [-0.2, -0.15) is 0 Å². The van der Waals surface area contributed by atoms with Crippen LogP contribution in [0.5, 0.6) is 0 Å². The second-order valence-corrected chi connectivity index (χ2v) is 7.90. The van der Waals surface area contributed by atoms with Gasteiger partial charge < -0.3 is 11.5 Å². The average molecular weight is 367 g/mol. The van der Waals surface area contributed by atoms with E-state index in [0.29, 0.717) is 16.8 Å². The van der Waals surface area contributed by atoms with Crippen LogP contribution in [0.3, 0.4) is 0 Å². The SMILES string of the molecule is CS(=O)(=O)c1ccc(-c2cc(C(N)=O)c(N)c(-c3ccncc3)c2)cc1. The summed E-state index contributed by atoms with van der Waals surface area (Å²) in [7, 11) is -3.28. The van der Waals surface area contributed by atoms with Gasteiger partial charge >= 0.3 is 0 Å². The summed E-state index contributed by atoms with van der Waals surface area (Å²) in [4.78, 5) is 16.0. The standard InChI is InChI=1S/C19H17N3O3S/c1-26(24,25)15-4-2-12(3-5-15)14-10-16(13-6-8-22-9-7-13)18(20)17(11-14)19(21)23/h2-11H,20H2,1H3,(H2,21,23). The van der Waals surface area contributed by atoms with Crippen molar-refractivity contribution < 1.29 is 13.2 Å². The van der Waals surface area contributed by atoms with Crippen molar-refractivity contribution in [1.29, 1.82) is 0 Å². The molecule has 6 nitrogen and oxygen atoms in total. The minimum Gasteiger partial charge on any atom is -0.398 e. The minimum absolute atomic E-state index is 0.210. The lowest BCUT2D eigenvalue weighted by Crippen LogP contribution is -2.14. The number of anilines is 1. The Morgan fingerprint density at radius 1 is 0.923 bits per heavy atom. The molecule has 7 heteroatoms. The van der Waals surface area contributed by atoms with E-state index in [0.717, 1.165) is 17.4 Å². The zero-order valence-corrected chi connectivity index (χ0v) is 14.8. The molecule has 2 aromatic carbocycles. The highest BCUT2D eigenvalue weighted by Gasteiger charge is 2.15. The van der Waals surface area contributed by atoms with E-state index in [1.165, 1.54) is 12.1 Å². The number of hydrogen-bond donors (Lipinski definition) is 2. The Hall–Kier alpha value is -3.19. The molecule has 1 aromatic heterocycles. The lowest BCUT2D eigenvalue weighted by Gasteiger charge is -2.13. The third-order valence-electron chi connectivity index (χ3n) is 4.05. The first-order valence-corrected chi connectivity index (χ1v) is 9.61. The molecule has 26 heavy (non-hydrogen) atoms. The third kappa shape index (κ3) is 3.43. The van der Waals surface area contributed by atoms with Crippen molar-refractivity contribution in [3.8, 4) is 22.3 Å². The van der Waals surface area contributed by atoms with E-state index in [2.05, 4.69) is 4.98 Å².